The maximum atomic E-state index is 5.53. The summed E-state index contributed by atoms with van der Waals surface area (Å²) in [5.74, 6) is 0. The molecule has 1 aromatic rings. The number of nitrogens with zero attached hydrogens (tertiary/aromatic N) is 1. The molecular formula is C16H24N2O2. The van der Waals surface area contributed by atoms with Crippen molar-refractivity contribution in [3.05, 3.63) is 29.8 Å². The minimum absolute atomic E-state index is 0.157. The van der Waals surface area contributed by atoms with E-state index >= 15 is 0 Å². The molecule has 110 valence electrons. The summed E-state index contributed by atoms with van der Waals surface area (Å²) in [7, 11) is 3.53. The molecule has 1 saturated heterocycles. The molecule has 20 heavy (non-hydrogen) atoms. The van der Waals surface area contributed by atoms with E-state index in [1.54, 1.807) is 14.2 Å². The smallest absolute Gasteiger partial charge is 0.102 e. The number of para-hydroxylation sites is 1. The first-order valence-corrected chi connectivity index (χ1v) is 7.43. The van der Waals surface area contributed by atoms with E-state index in [0.29, 0.717) is 0 Å². The highest BCUT2D eigenvalue weighted by Crippen LogP contribution is 2.28. The summed E-state index contributed by atoms with van der Waals surface area (Å²) in [5, 5.41) is 3.60. The molecule has 4 nitrogen and oxygen atoms in total. The Morgan fingerprint density at radius 3 is 2.35 bits per heavy atom. The first-order valence-electron chi connectivity index (χ1n) is 7.43. The zero-order valence-electron chi connectivity index (χ0n) is 12.3. The van der Waals surface area contributed by atoms with E-state index in [4.69, 9.17) is 9.47 Å². The highest BCUT2D eigenvalue weighted by Gasteiger charge is 2.33. The molecule has 1 N–H and O–H groups in total. The molecule has 2 unspecified atom stereocenters. The average molecular weight is 276 g/mol. The molecule has 2 fully saturated rings. The number of nitrogens with one attached hydrogen (secondary N) is 1. The minimum atomic E-state index is 0.157. The minimum Gasteiger partial charge on any atom is -0.377 e. The lowest BCUT2D eigenvalue weighted by Gasteiger charge is -2.22. The van der Waals surface area contributed by atoms with Crippen molar-refractivity contribution in [1.29, 1.82) is 0 Å². The van der Waals surface area contributed by atoms with E-state index in [1.807, 2.05) is 0 Å². The Hall–Kier alpha value is -1.10. The Kier molecular flexibility index (Phi) is 4.24. The van der Waals surface area contributed by atoms with Crippen molar-refractivity contribution in [1.82, 2.24) is 5.32 Å². The van der Waals surface area contributed by atoms with Crippen molar-refractivity contribution >= 4 is 5.69 Å². The fourth-order valence-corrected chi connectivity index (χ4v) is 2.90. The summed E-state index contributed by atoms with van der Waals surface area (Å²) in [6.45, 7) is 2.75. The summed E-state index contributed by atoms with van der Waals surface area (Å²) in [5.41, 5.74) is 2.67. The predicted molar refractivity (Wildman–Crippen MR) is 80.1 cm³/mol. The molecule has 0 aromatic heterocycles. The molecule has 3 rings (SSSR count). The fraction of sp³-hybridized carbons (Fsp3) is 0.625. The number of hydrogen-bond donors (Lipinski definition) is 1. The topological polar surface area (TPSA) is 33.7 Å². The van der Waals surface area contributed by atoms with Crippen LogP contribution in [0.2, 0.25) is 0 Å². The van der Waals surface area contributed by atoms with Gasteiger partial charge in [0.05, 0.1) is 0 Å². The van der Waals surface area contributed by atoms with Crippen molar-refractivity contribution in [2.45, 2.75) is 37.6 Å². The van der Waals surface area contributed by atoms with Crippen LogP contribution in [0.15, 0.2) is 24.3 Å². The molecule has 0 radical (unpaired) electrons. The molecule has 2 atom stereocenters. The van der Waals surface area contributed by atoms with E-state index in [1.165, 1.54) is 24.1 Å². The third kappa shape index (κ3) is 2.97. The lowest BCUT2D eigenvalue weighted by molar-refractivity contribution is -0.00461. The first-order chi connectivity index (χ1) is 9.81. The van der Waals surface area contributed by atoms with Crippen molar-refractivity contribution in [3.63, 3.8) is 0 Å². The van der Waals surface area contributed by atoms with E-state index < -0.39 is 0 Å². The van der Waals surface area contributed by atoms with Crippen molar-refractivity contribution < 1.29 is 9.47 Å². The van der Waals surface area contributed by atoms with Gasteiger partial charge in [-0.3, -0.25) is 0 Å². The van der Waals surface area contributed by atoms with Gasteiger partial charge in [-0.1, -0.05) is 18.2 Å². The van der Waals surface area contributed by atoms with Gasteiger partial charge < -0.3 is 19.7 Å². The van der Waals surface area contributed by atoms with Crippen molar-refractivity contribution in [2.75, 3.05) is 32.2 Å². The largest absolute Gasteiger partial charge is 0.377 e. The second-order valence-electron chi connectivity index (χ2n) is 5.74. The fourth-order valence-electron chi connectivity index (χ4n) is 2.90. The Labute approximate surface area is 121 Å². The van der Waals surface area contributed by atoms with Gasteiger partial charge in [0.15, 0.2) is 0 Å². The van der Waals surface area contributed by atoms with Crippen LogP contribution in [-0.2, 0) is 16.0 Å². The Morgan fingerprint density at radius 2 is 1.75 bits per heavy atom. The summed E-state index contributed by atoms with van der Waals surface area (Å²) in [4.78, 5) is 2.38. The average Bonchev–Trinajstić information content (AvgIpc) is 3.23. The van der Waals surface area contributed by atoms with Crippen molar-refractivity contribution in [2.24, 2.45) is 0 Å². The van der Waals surface area contributed by atoms with Gasteiger partial charge in [0, 0.05) is 45.6 Å². The number of benzene rings is 1. The molecule has 4 heteroatoms. The van der Waals surface area contributed by atoms with Crippen LogP contribution in [-0.4, -0.2) is 45.6 Å². The molecule has 2 aliphatic rings. The highest BCUT2D eigenvalue weighted by atomic mass is 16.5. The Balaban J connectivity index is 1.72. The molecule has 1 aliphatic carbocycles. The second kappa shape index (κ2) is 6.12. The van der Waals surface area contributed by atoms with Gasteiger partial charge in [-0.25, -0.2) is 0 Å². The van der Waals surface area contributed by atoms with Crippen LogP contribution < -0.4 is 10.2 Å². The second-order valence-corrected chi connectivity index (χ2v) is 5.74. The van der Waals surface area contributed by atoms with Crippen molar-refractivity contribution in [3.8, 4) is 0 Å². The van der Waals surface area contributed by atoms with E-state index in [2.05, 4.69) is 34.5 Å². The zero-order chi connectivity index (χ0) is 13.9. The maximum absolute atomic E-state index is 5.53. The molecular weight excluding hydrogens is 252 g/mol. The summed E-state index contributed by atoms with van der Waals surface area (Å²) in [6.07, 6.45) is 2.96. The normalized spacial score (nSPS) is 26.2. The molecule has 1 saturated carbocycles. The van der Waals surface area contributed by atoms with Crippen LogP contribution in [0.5, 0.6) is 0 Å². The number of anilines is 1. The monoisotopic (exact) mass is 276 g/mol. The first kappa shape index (κ1) is 13.9. The molecule has 1 heterocycles. The summed E-state index contributed by atoms with van der Waals surface area (Å²) in [6, 6.07) is 9.38. The SMILES string of the molecule is COC1CN(c2ccccc2CNC2CC2)CC1OC. The standard InChI is InChI=1S/C16H24N2O2/c1-19-15-10-18(11-16(15)20-2)14-6-4-3-5-12(14)9-17-13-7-8-13/h3-6,13,15-17H,7-11H2,1-2H3. The van der Waals surface area contributed by atoms with Crippen LogP contribution in [0.4, 0.5) is 5.69 Å². The molecule has 0 bridgehead atoms. The third-order valence-corrected chi connectivity index (χ3v) is 4.31. The van der Waals surface area contributed by atoms with Gasteiger partial charge in [0.25, 0.3) is 0 Å². The number of hydrogen-bond acceptors (Lipinski definition) is 4. The quantitative estimate of drug-likeness (QED) is 0.859. The van der Waals surface area contributed by atoms with Gasteiger partial charge >= 0.3 is 0 Å². The molecule has 0 spiro atoms. The molecule has 1 aromatic carbocycles. The van der Waals surface area contributed by atoms with Crippen LogP contribution in [0.3, 0.4) is 0 Å². The van der Waals surface area contributed by atoms with Gasteiger partial charge in [-0.05, 0) is 24.5 Å². The van der Waals surface area contributed by atoms with Gasteiger partial charge in [-0.15, -0.1) is 0 Å². The number of rotatable bonds is 6. The van der Waals surface area contributed by atoms with Crippen LogP contribution in [0.1, 0.15) is 18.4 Å². The van der Waals surface area contributed by atoms with Crippen LogP contribution >= 0.6 is 0 Å². The van der Waals surface area contributed by atoms with Gasteiger partial charge in [-0.2, -0.15) is 0 Å². The lowest BCUT2D eigenvalue weighted by atomic mass is 10.1. The van der Waals surface area contributed by atoms with Gasteiger partial charge in [0.1, 0.15) is 12.2 Å². The van der Waals surface area contributed by atoms with E-state index in [-0.39, 0.29) is 12.2 Å². The van der Waals surface area contributed by atoms with Crippen LogP contribution in [0, 0.1) is 0 Å². The molecule has 0 amide bonds. The maximum Gasteiger partial charge on any atom is 0.102 e. The highest BCUT2D eigenvalue weighted by molar-refractivity contribution is 5.55. The number of ether oxygens (including phenoxy) is 2. The van der Waals surface area contributed by atoms with Crippen LogP contribution in [0.25, 0.3) is 0 Å². The zero-order valence-corrected chi connectivity index (χ0v) is 12.3. The Bertz CT molecular complexity index is 436. The Morgan fingerprint density at radius 1 is 1.10 bits per heavy atom. The lowest BCUT2D eigenvalue weighted by Crippen LogP contribution is -2.27. The van der Waals surface area contributed by atoms with E-state index in [9.17, 15) is 0 Å². The van der Waals surface area contributed by atoms with Gasteiger partial charge in [0.2, 0.25) is 0 Å². The number of methoxy groups -OCH3 is 2. The predicted octanol–water partition coefficient (Wildman–Crippen LogP) is 1.79. The summed E-state index contributed by atoms with van der Waals surface area (Å²) >= 11 is 0. The molecule has 1 aliphatic heterocycles. The third-order valence-electron chi connectivity index (χ3n) is 4.31. The van der Waals surface area contributed by atoms with E-state index in [0.717, 1.165) is 25.7 Å². The summed E-state index contributed by atoms with van der Waals surface area (Å²) < 4.78 is 11.1.